The summed E-state index contributed by atoms with van der Waals surface area (Å²) in [5.41, 5.74) is 1.00. The zero-order valence-electron chi connectivity index (χ0n) is 18.8. The molecule has 1 N–H and O–H groups in total. The van der Waals surface area contributed by atoms with Crippen molar-refractivity contribution >= 4 is 16.7 Å². The van der Waals surface area contributed by atoms with Crippen LogP contribution in [0.4, 0.5) is 0 Å². The molecule has 0 atom stereocenters. The summed E-state index contributed by atoms with van der Waals surface area (Å²) in [6.45, 7) is 7.66. The average molecular weight is 408 g/mol. The molecule has 2 rings (SSSR count). The van der Waals surface area contributed by atoms with Crippen LogP contribution in [-0.4, -0.2) is 19.1 Å². The molecule has 0 aliphatic rings. The zero-order chi connectivity index (χ0) is 21.6. The van der Waals surface area contributed by atoms with Crippen LogP contribution in [0.15, 0.2) is 66.3 Å². The maximum Gasteiger partial charge on any atom is 0.244 e. The Bertz CT molecular complexity index is 836. The second kappa shape index (κ2) is 13.6. The summed E-state index contributed by atoms with van der Waals surface area (Å²) in [7, 11) is 0. The lowest BCUT2D eigenvalue weighted by Gasteiger charge is -2.07. The number of rotatable bonds is 13. The lowest BCUT2D eigenvalue weighted by molar-refractivity contribution is -0.116. The van der Waals surface area contributed by atoms with Gasteiger partial charge in [0.25, 0.3) is 0 Å². The molecule has 3 heteroatoms. The largest absolute Gasteiger partial charge is 0.494 e. The van der Waals surface area contributed by atoms with Crippen LogP contribution in [0.3, 0.4) is 0 Å². The molecular formula is C27H37NO2. The molecule has 162 valence electrons. The maximum atomic E-state index is 11.7. The number of fused-ring (bicyclic) bond motifs is 1. The van der Waals surface area contributed by atoms with E-state index < -0.39 is 0 Å². The number of carbonyl (C=O) groups excluding carboxylic acids is 1. The number of benzene rings is 2. The number of hydrogen-bond acceptors (Lipinski definition) is 2. The van der Waals surface area contributed by atoms with Gasteiger partial charge in [0.15, 0.2) is 0 Å². The van der Waals surface area contributed by atoms with Crippen molar-refractivity contribution in [2.45, 2.75) is 59.3 Å². The van der Waals surface area contributed by atoms with E-state index in [1.165, 1.54) is 36.5 Å². The molecule has 0 unspecified atom stereocenters. The fourth-order valence-electron chi connectivity index (χ4n) is 3.22. The molecule has 0 bridgehead atoms. The van der Waals surface area contributed by atoms with Gasteiger partial charge in [-0.2, -0.15) is 0 Å². The molecule has 0 saturated heterocycles. The van der Waals surface area contributed by atoms with Crippen molar-refractivity contribution in [1.82, 2.24) is 5.32 Å². The number of allylic oxidation sites excluding steroid dienone is 3. The first-order chi connectivity index (χ1) is 14.5. The third-order valence-electron chi connectivity index (χ3n) is 4.93. The molecule has 0 radical (unpaired) electrons. The Hall–Kier alpha value is -2.55. The third-order valence-corrected chi connectivity index (χ3v) is 4.93. The second-order valence-electron chi connectivity index (χ2n) is 8.34. The number of ether oxygens (including phenoxy) is 1. The quantitative estimate of drug-likeness (QED) is 0.224. The van der Waals surface area contributed by atoms with Crippen molar-refractivity contribution in [3.63, 3.8) is 0 Å². The minimum atomic E-state index is -0.00300. The van der Waals surface area contributed by atoms with Gasteiger partial charge in [0.2, 0.25) is 5.91 Å². The van der Waals surface area contributed by atoms with Gasteiger partial charge >= 0.3 is 0 Å². The van der Waals surface area contributed by atoms with E-state index in [1.54, 1.807) is 6.08 Å². The van der Waals surface area contributed by atoms with Gasteiger partial charge < -0.3 is 10.1 Å². The summed E-state index contributed by atoms with van der Waals surface area (Å²) < 4.78 is 5.90. The van der Waals surface area contributed by atoms with Gasteiger partial charge in [0.05, 0.1) is 6.61 Å². The Balaban J connectivity index is 1.50. The molecule has 30 heavy (non-hydrogen) atoms. The first kappa shape index (κ1) is 23.7. The smallest absolute Gasteiger partial charge is 0.244 e. The molecule has 2 aromatic rings. The minimum Gasteiger partial charge on any atom is -0.494 e. The highest BCUT2D eigenvalue weighted by Crippen LogP contribution is 2.20. The van der Waals surface area contributed by atoms with Crippen molar-refractivity contribution in [2.75, 3.05) is 13.2 Å². The zero-order valence-corrected chi connectivity index (χ0v) is 18.8. The molecule has 0 spiro atoms. The molecule has 0 fully saturated rings. The molecular weight excluding hydrogens is 370 g/mol. The van der Waals surface area contributed by atoms with Crippen molar-refractivity contribution in [3.05, 3.63) is 66.3 Å². The predicted molar refractivity (Wildman–Crippen MR) is 128 cm³/mol. The topological polar surface area (TPSA) is 38.3 Å². The monoisotopic (exact) mass is 407 g/mol. The first-order valence-electron chi connectivity index (χ1n) is 11.3. The Morgan fingerprint density at radius 1 is 1.00 bits per heavy atom. The fraction of sp³-hybridized carbons (Fsp3) is 0.444. The minimum absolute atomic E-state index is 0.00300. The van der Waals surface area contributed by atoms with Gasteiger partial charge in [-0.15, -0.1) is 0 Å². The molecule has 2 aromatic carbocycles. The second-order valence-corrected chi connectivity index (χ2v) is 8.34. The Morgan fingerprint density at radius 2 is 1.73 bits per heavy atom. The molecule has 0 saturated carbocycles. The van der Waals surface area contributed by atoms with Gasteiger partial charge in [0.1, 0.15) is 5.75 Å². The van der Waals surface area contributed by atoms with Crippen LogP contribution in [0.5, 0.6) is 5.75 Å². The molecule has 0 heterocycles. The van der Waals surface area contributed by atoms with E-state index in [0.717, 1.165) is 37.3 Å². The summed E-state index contributed by atoms with van der Waals surface area (Å²) in [5.74, 6) is 1.43. The number of hydrogen-bond donors (Lipinski definition) is 1. The molecule has 0 aliphatic carbocycles. The lowest BCUT2D eigenvalue weighted by Crippen LogP contribution is -2.25. The SMILES string of the molecule is CC(/C=C/CCCCCCCOc1ccc2ccccc2c1)=C\C(=O)NCC(C)C. The van der Waals surface area contributed by atoms with Gasteiger partial charge in [-0.3, -0.25) is 4.79 Å². The highest BCUT2D eigenvalue weighted by molar-refractivity contribution is 5.88. The Morgan fingerprint density at radius 3 is 2.53 bits per heavy atom. The van der Waals surface area contributed by atoms with E-state index in [4.69, 9.17) is 4.74 Å². The normalized spacial score (nSPS) is 12.1. The van der Waals surface area contributed by atoms with Crippen LogP contribution in [0.2, 0.25) is 0 Å². The maximum absolute atomic E-state index is 11.7. The van der Waals surface area contributed by atoms with Crippen LogP contribution in [0, 0.1) is 5.92 Å². The van der Waals surface area contributed by atoms with Crippen LogP contribution in [-0.2, 0) is 4.79 Å². The van der Waals surface area contributed by atoms with Crippen LogP contribution < -0.4 is 10.1 Å². The fourth-order valence-corrected chi connectivity index (χ4v) is 3.22. The number of amides is 1. The first-order valence-corrected chi connectivity index (χ1v) is 11.3. The van der Waals surface area contributed by atoms with Crippen LogP contribution in [0.1, 0.15) is 59.3 Å². The Labute approximate surface area is 182 Å². The van der Waals surface area contributed by atoms with Crippen molar-refractivity contribution < 1.29 is 9.53 Å². The van der Waals surface area contributed by atoms with E-state index >= 15 is 0 Å². The van der Waals surface area contributed by atoms with Gasteiger partial charge in [-0.1, -0.05) is 75.6 Å². The van der Waals surface area contributed by atoms with Gasteiger partial charge in [0, 0.05) is 12.6 Å². The van der Waals surface area contributed by atoms with Gasteiger partial charge in [-0.05, 0) is 60.6 Å². The summed E-state index contributed by atoms with van der Waals surface area (Å²) in [6, 6.07) is 14.7. The summed E-state index contributed by atoms with van der Waals surface area (Å²) in [4.78, 5) is 11.7. The van der Waals surface area contributed by atoms with Crippen molar-refractivity contribution in [3.8, 4) is 5.75 Å². The van der Waals surface area contributed by atoms with Crippen molar-refractivity contribution in [2.24, 2.45) is 5.92 Å². The van der Waals surface area contributed by atoms with E-state index in [-0.39, 0.29) is 5.91 Å². The number of nitrogens with one attached hydrogen (secondary N) is 1. The van der Waals surface area contributed by atoms with Crippen LogP contribution >= 0.6 is 0 Å². The average Bonchev–Trinajstić information content (AvgIpc) is 2.73. The van der Waals surface area contributed by atoms with E-state index in [9.17, 15) is 4.79 Å². The van der Waals surface area contributed by atoms with Gasteiger partial charge in [-0.25, -0.2) is 0 Å². The third kappa shape index (κ3) is 9.78. The van der Waals surface area contributed by atoms with Crippen molar-refractivity contribution in [1.29, 1.82) is 0 Å². The molecule has 1 amide bonds. The standard InChI is InChI=1S/C27H37NO2/c1-22(2)21-28-27(29)19-23(3)13-9-7-5-4-6-8-12-18-30-26-17-16-24-14-10-11-15-25(24)20-26/h9-11,13-17,19-20,22H,4-8,12,18,21H2,1-3H3,(H,28,29)/b13-9+,23-19+. The number of carbonyl (C=O) groups is 1. The molecule has 3 nitrogen and oxygen atoms in total. The molecule has 0 aromatic heterocycles. The number of unbranched alkanes of at least 4 members (excludes halogenated alkanes) is 5. The van der Waals surface area contributed by atoms with E-state index in [0.29, 0.717) is 5.92 Å². The Kier molecular flexibility index (Phi) is 10.8. The highest BCUT2D eigenvalue weighted by atomic mass is 16.5. The summed E-state index contributed by atoms with van der Waals surface area (Å²) >= 11 is 0. The summed E-state index contributed by atoms with van der Waals surface area (Å²) in [5, 5.41) is 5.38. The van der Waals surface area contributed by atoms with Crippen LogP contribution in [0.25, 0.3) is 10.8 Å². The summed E-state index contributed by atoms with van der Waals surface area (Å²) in [6.07, 6.45) is 12.9. The van der Waals surface area contributed by atoms with E-state index in [2.05, 4.69) is 67.7 Å². The van der Waals surface area contributed by atoms with E-state index in [1.807, 2.05) is 13.0 Å². The predicted octanol–water partition coefficient (Wildman–Crippen LogP) is 6.83. The molecule has 0 aliphatic heterocycles. The lowest BCUT2D eigenvalue weighted by atomic mass is 10.1. The highest BCUT2D eigenvalue weighted by Gasteiger charge is 1.99.